The molecule has 10 nitrogen and oxygen atoms in total. The van der Waals surface area contributed by atoms with Crippen molar-refractivity contribution in [1.82, 2.24) is 9.97 Å². The third-order valence-corrected chi connectivity index (χ3v) is 7.16. The van der Waals surface area contributed by atoms with E-state index in [1.165, 1.54) is 36.4 Å². The van der Waals surface area contributed by atoms with Crippen LogP contribution in [0.2, 0.25) is 5.02 Å². The standard InChI is InChI=1S/C21H22ClN5O5S2/c1-14-11-15(2)24-21(23-14)26-34(31,32)19-9-7-17(8-10-19)25-20(28)13-27(33(3,29)30)18-6-4-5-16(22)12-18/h4-12H,13H2,1-3H3,(H,25,28)(H,23,24,26). The number of benzene rings is 2. The topological polar surface area (TPSA) is 138 Å². The lowest BCUT2D eigenvalue weighted by Crippen LogP contribution is -2.37. The predicted molar refractivity (Wildman–Crippen MR) is 131 cm³/mol. The highest BCUT2D eigenvalue weighted by atomic mass is 35.5. The number of aryl methyl sites for hydroxylation is 2. The zero-order valence-corrected chi connectivity index (χ0v) is 20.9. The number of sulfonamides is 2. The molecule has 1 heterocycles. The van der Waals surface area contributed by atoms with Gasteiger partial charge in [0, 0.05) is 22.1 Å². The van der Waals surface area contributed by atoms with Crippen LogP contribution in [0.5, 0.6) is 0 Å². The molecular weight excluding hydrogens is 502 g/mol. The van der Waals surface area contributed by atoms with Gasteiger partial charge in [0.2, 0.25) is 21.9 Å². The van der Waals surface area contributed by atoms with Crippen LogP contribution >= 0.6 is 11.6 Å². The second-order valence-corrected chi connectivity index (χ2v) is 11.4. The highest BCUT2D eigenvalue weighted by Crippen LogP contribution is 2.22. The first-order valence-electron chi connectivity index (χ1n) is 9.82. The molecule has 0 unspecified atom stereocenters. The number of nitrogens with one attached hydrogen (secondary N) is 2. The van der Waals surface area contributed by atoms with Gasteiger partial charge in [0.05, 0.1) is 16.8 Å². The molecule has 1 aromatic heterocycles. The van der Waals surface area contributed by atoms with E-state index in [9.17, 15) is 21.6 Å². The van der Waals surface area contributed by atoms with Crippen LogP contribution < -0.4 is 14.3 Å². The molecule has 0 saturated heterocycles. The highest BCUT2D eigenvalue weighted by Gasteiger charge is 2.22. The maximum atomic E-state index is 12.6. The van der Waals surface area contributed by atoms with Gasteiger partial charge in [0.25, 0.3) is 10.0 Å². The molecule has 13 heteroatoms. The molecule has 0 bridgehead atoms. The number of amides is 1. The molecule has 0 spiro atoms. The molecule has 0 atom stereocenters. The van der Waals surface area contributed by atoms with Gasteiger partial charge in [-0.2, -0.15) is 0 Å². The van der Waals surface area contributed by atoms with Crippen molar-refractivity contribution >= 4 is 54.9 Å². The molecule has 0 aliphatic heterocycles. The zero-order chi connectivity index (χ0) is 25.1. The number of carbonyl (C=O) groups excluding carboxylic acids is 1. The molecule has 0 radical (unpaired) electrons. The van der Waals surface area contributed by atoms with Crippen LogP contribution in [0, 0.1) is 13.8 Å². The van der Waals surface area contributed by atoms with Crippen molar-refractivity contribution in [3.8, 4) is 0 Å². The molecule has 3 rings (SSSR count). The quantitative estimate of drug-likeness (QED) is 0.462. The van der Waals surface area contributed by atoms with Crippen LogP contribution in [0.15, 0.2) is 59.5 Å². The van der Waals surface area contributed by atoms with E-state index in [0.29, 0.717) is 16.4 Å². The molecule has 180 valence electrons. The number of hydrogen-bond acceptors (Lipinski definition) is 7. The molecule has 0 saturated carbocycles. The zero-order valence-electron chi connectivity index (χ0n) is 18.5. The van der Waals surface area contributed by atoms with E-state index in [1.54, 1.807) is 32.0 Å². The van der Waals surface area contributed by atoms with Gasteiger partial charge < -0.3 is 5.32 Å². The molecule has 2 aromatic carbocycles. The van der Waals surface area contributed by atoms with E-state index in [0.717, 1.165) is 10.6 Å². The summed E-state index contributed by atoms with van der Waals surface area (Å²) in [6.07, 6.45) is 0.979. The van der Waals surface area contributed by atoms with Crippen molar-refractivity contribution < 1.29 is 21.6 Å². The maximum Gasteiger partial charge on any atom is 0.264 e. The van der Waals surface area contributed by atoms with Crippen molar-refractivity contribution in [2.75, 3.05) is 27.1 Å². The number of hydrogen-bond donors (Lipinski definition) is 2. The lowest BCUT2D eigenvalue weighted by atomic mass is 10.3. The Labute approximate surface area is 203 Å². The van der Waals surface area contributed by atoms with Crippen LogP contribution in [0.3, 0.4) is 0 Å². The molecular formula is C21H22ClN5O5S2. The van der Waals surface area contributed by atoms with E-state index < -0.39 is 32.5 Å². The SMILES string of the molecule is Cc1cc(C)nc(NS(=O)(=O)c2ccc(NC(=O)CN(c3cccc(Cl)c3)S(C)(=O)=O)cc2)n1. The Morgan fingerprint density at radius 2 is 1.59 bits per heavy atom. The van der Waals surface area contributed by atoms with Crippen molar-refractivity contribution in [2.45, 2.75) is 18.7 Å². The first kappa shape index (κ1) is 25.4. The molecule has 2 N–H and O–H groups in total. The minimum atomic E-state index is -3.96. The summed E-state index contributed by atoms with van der Waals surface area (Å²) in [5.41, 5.74) is 1.76. The van der Waals surface area contributed by atoms with Gasteiger partial charge in [0.1, 0.15) is 6.54 Å². The second-order valence-electron chi connectivity index (χ2n) is 7.40. The van der Waals surface area contributed by atoms with Crippen LogP contribution in [0.4, 0.5) is 17.3 Å². The number of aromatic nitrogens is 2. The largest absolute Gasteiger partial charge is 0.325 e. The van der Waals surface area contributed by atoms with E-state index in [1.807, 2.05) is 0 Å². The summed E-state index contributed by atoms with van der Waals surface area (Å²) >= 11 is 5.94. The molecule has 0 aliphatic rings. The molecule has 0 fully saturated rings. The van der Waals surface area contributed by atoms with Gasteiger partial charge >= 0.3 is 0 Å². The molecule has 3 aromatic rings. The van der Waals surface area contributed by atoms with Crippen molar-refractivity contribution in [1.29, 1.82) is 0 Å². The van der Waals surface area contributed by atoms with Gasteiger partial charge in [-0.25, -0.2) is 31.5 Å². The van der Waals surface area contributed by atoms with Crippen molar-refractivity contribution in [3.05, 3.63) is 71.0 Å². The Morgan fingerprint density at radius 3 is 2.15 bits per heavy atom. The number of halogens is 1. The molecule has 34 heavy (non-hydrogen) atoms. The number of rotatable bonds is 8. The Bertz CT molecular complexity index is 1410. The maximum absolute atomic E-state index is 12.6. The minimum Gasteiger partial charge on any atom is -0.325 e. The van der Waals surface area contributed by atoms with Gasteiger partial charge in [-0.15, -0.1) is 0 Å². The van der Waals surface area contributed by atoms with Crippen LogP contribution in [0.1, 0.15) is 11.4 Å². The van der Waals surface area contributed by atoms with Crippen LogP contribution in [-0.4, -0.2) is 45.5 Å². The fraction of sp³-hybridized carbons (Fsp3) is 0.190. The van der Waals surface area contributed by atoms with Crippen LogP contribution in [-0.2, 0) is 24.8 Å². The number of anilines is 3. The van der Waals surface area contributed by atoms with Gasteiger partial charge in [-0.05, 0) is 62.4 Å². The first-order chi connectivity index (χ1) is 15.8. The summed E-state index contributed by atoms with van der Waals surface area (Å²) in [5, 5.41) is 2.88. The fourth-order valence-electron chi connectivity index (χ4n) is 3.03. The lowest BCUT2D eigenvalue weighted by Gasteiger charge is -2.22. The van der Waals surface area contributed by atoms with Crippen molar-refractivity contribution in [2.24, 2.45) is 0 Å². The number of carbonyl (C=O) groups is 1. The summed E-state index contributed by atoms with van der Waals surface area (Å²) in [7, 11) is -7.73. The van der Waals surface area contributed by atoms with Gasteiger partial charge in [-0.1, -0.05) is 17.7 Å². The van der Waals surface area contributed by atoms with Crippen LogP contribution in [0.25, 0.3) is 0 Å². The van der Waals surface area contributed by atoms with Gasteiger partial charge in [0.15, 0.2) is 0 Å². The average molecular weight is 524 g/mol. The summed E-state index contributed by atoms with van der Waals surface area (Å²) in [6, 6.07) is 13.2. The number of nitrogens with zero attached hydrogens (tertiary/aromatic N) is 3. The average Bonchev–Trinajstić information content (AvgIpc) is 2.70. The Balaban J connectivity index is 1.72. The van der Waals surface area contributed by atoms with Crippen molar-refractivity contribution in [3.63, 3.8) is 0 Å². The Morgan fingerprint density at radius 1 is 0.971 bits per heavy atom. The molecule has 1 amide bonds. The predicted octanol–water partition coefficient (Wildman–Crippen LogP) is 2.95. The summed E-state index contributed by atoms with van der Waals surface area (Å²) in [6.45, 7) is 2.95. The molecule has 0 aliphatic carbocycles. The third-order valence-electron chi connectivity index (χ3n) is 4.44. The summed E-state index contributed by atoms with van der Waals surface area (Å²) in [5.74, 6) is -0.667. The van der Waals surface area contributed by atoms with E-state index >= 15 is 0 Å². The fourth-order valence-corrected chi connectivity index (χ4v) is 5.01. The summed E-state index contributed by atoms with van der Waals surface area (Å²) < 4.78 is 52.9. The Hall–Kier alpha value is -3.22. The summed E-state index contributed by atoms with van der Waals surface area (Å²) in [4.78, 5) is 20.6. The normalized spacial score (nSPS) is 11.6. The second kappa shape index (κ2) is 9.95. The van der Waals surface area contributed by atoms with E-state index in [-0.39, 0.29) is 22.2 Å². The smallest absolute Gasteiger partial charge is 0.264 e. The monoisotopic (exact) mass is 523 g/mol. The van der Waals surface area contributed by atoms with E-state index in [4.69, 9.17) is 11.6 Å². The lowest BCUT2D eigenvalue weighted by molar-refractivity contribution is -0.114. The Kier molecular flexibility index (Phi) is 7.44. The minimum absolute atomic E-state index is 0.0447. The third kappa shape index (κ3) is 6.65. The highest BCUT2D eigenvalue weighted by molar-refractivity contribution is 7.92. The first-order valence-corrected chi connectivity index (χ1v) is 13.5. The van der Waals surface area contributed by atoms with Gasteiger partial charge in [-0.3, -0.25) is 9.10 Å². The van der Waals surface area contributed by atoms with E-state index in [2.05, 4.69) is 20.0 Å².